The molecule has 140 valence electrons. The van der Waals surface area contributed by atoms with E-state index in [4.69, 9.17) is 21.1 Å². The molecule has 0 bridgehead atoms. The summed E-state index contributed by atoms with van der Waals surface area (Å²) in [6.07, 6.45) is -0.226. The Bertz CT molecular complexity index is 898. The van der Waals surface area contributed by atoms with Crippen molar-refractivity contribution in [2.75, 3.05) is 18.5 Å². The average Bonchev–Trinajstić information content (AvgIpc) is 2.65. The minimum absolute atomic E-state index is 0.0137. The van der Waals surface area contributed by atoms with Crippen molar-refractivity contribution in [3.63, 3.8) is 0 Å². The maximum atomic E-state index is 11.6. The minimum Gasteiger partial charge on any atom is -0.482 e. The Morgan fingerprint density at radius 3 is 2.96 bits per heavy atom. The quantitative estimate of drug-likeness (QED) is 0.608. The zero-order chi connectivity index (χ0) is 19.2. The summed E-state index contributed by atoms with van der Waals surface area (Å²) in [5.74, 6) is 0.358. The molecule has 0 saturated carbocycles. The van der Waals surface area contributed by atoms with Gasteiger partial charge in [0.25, 0.3) is 5.91 Å². The van der Waals surface area contributed by atoms with Gasteiger partial charge in [-0.25, -0.2) is 10.2 Å². The molecule has 7 nitrogen and oxygen atoms in total. The topological polar surface area (TPSA) is 89.0 Å². The average molecular weight is 388 g/mol. The second-order valence-electron chi connectivity index (χ2n) is 5.75. The van der Waals surface area contributed by atoms with E-state index in [9.17, 15) is 9.59 Å². The predicted octanol–water partition coefficient (Wildman–Crippen LogP) is 3.36. The summed E-state index contributed by atoms with van der Waals surface area (Å²) in [6.45, 7) is 1.94. The van der Waals surface area contributed by atoms with Crippen molar-refractivity contribution in [3.05, 3.63) is 58.6 Å². The lowest BCUT2D eigenvalue weighted by molar-refractivity contribution is -0.118. The fourth-order valence-corrected chi connectivity index (χ4v) is 2.80. The highest BCUT2D eigenvalue weighted by atomic mass is 35.5. The summed E-state index contributed by atoms with van der Waals surface area (Å²) in [5.41, 5.74) is 5.15. The number of benzene rings is 2. The van der Waals surface area contributed by atoms with Crippen molar-refractivity contribution in [1.29, 1.82) is 0 Å². The number of hydrogen-bond donors (Lipinski definition) is 2. The Morgan fingerprint density at radius 1 is 1.33 bits per heavy atom. The molecule has 0 aliphatic carbocycles. The molecule has 0 spiro atoms. The van der Waals surface area contributed by atoms with E-state index in [-0.39, 0.29) is 19.1 Å². The third-order valence-electron chi connectivity index (χ3n) is 3.76. The molecule has 8 heteroatoms. The van der Waals surface area contributed by atoms with Crippen LogP contribution in [0.1, 0.15) is 18.1 Å². The number of rotatable bonds is 5. The van der Waals surface area contributed by atoms with Gasteiger partial charge in [-0.2, -0.15) is 5.10 Å². The molecular weight excluding hydrogens is 370 g/mol. The van der Waals surface area contributed by atoms with E-state index in [0.717, 1.165) is 11.1 Å². The molecule has 2 aromatic rings. The van der Waals surface area contributed by atoms with E-state index < -0.39 is 6.09 Å². The molecule has 27 heavy (non-hydrogen) atoms. The number of carbonyl (C=O) groups is 2. The molecule has 0 unspecified atom stereocenters. The van der Waals surface area contributed by atoms with Gasteiger partial charge in [0.1, 0.15) is 5.75 Å². The van der Waals surface area contributed by atoms with Crippen LogP contribution in [0.4, 0.5) is 10.5 Å². The second kappa shape index (κ2) is 8.55. The minimum atomic E-state index is -0.643. The molecule has 0 radical (unpaired) electrons. The summed E-state index contributed by atoms with van der Waals surface area (Å²) in [7, 11) is 0. The zero-order valence-electron chi connectivity index (χ0n) is 14.6. The fraction of sp³-hybridized carbons (Fsp3) is 0.211. The monoisotopic (exact) mass is 387 g/mol. The Hall–Kier alpha value is -3.06. The van der Waals surface area contributed by atoms with Gasteiger partial charge < -0.3 is 14.8 Å². The Labute approximate surface area is 161 Å². The highest BCUT2D eigenvalue weighted by Crippen LogP contribution is 2.29. The van der Waals surface area contributed by atoms with Gasteiger partial charge in [-0.15, -0.1) is 0 Å². The van der Waals surface area contributed by atoms with E-state index in [1.807, 2.05) is 24.3 Å². The lowest BCUT2D eigenvalue weighted by Crippen LogP contribution is -2.26. The van der Waals surface area contributed by atoms with Crippen LogP contribution in [0.2, 0.25) is 5.02 Å². The standard InChI is InChI=1S/C19H18ClN3O4/c1-2-26-19(25)23-22-15(9-12-4-3-5-14(20)8-12)13-6-7-17-16(10-13)21-18(24)11-27-17/h3-8,10H,2,9,11H2,1H3,(H,21,24)(H,23,25)/b22-15-. The van der Waals surface area contributed by atoms with Gasteiger partial charge >= 0.3 is 6.09 Å². The number of nitrogens with zero attached hydrogens (tertiary/aromatic N) is 1. The first-order valence-corrected chi connectivity index (χ1v) is 8.74. The van der Waals surface area contributed by atoms with Crippen molar-refractivity contribution in [1.82, 2.24) is 5.43 Å². The van der Waals surface area contributed by atoms with Gasteiger partial charge in [0.2, 0.25) is 0 Å². The predicted molar refractivity (Wildman–Crippen MR) is 102 cm³/mol. The number of amides is 2. The molecule has 1 aliphatic rings. The van der Waals surface area contributed by atoms with E-state index in [1.165, 1.54) is 0 Å². The molecule has 2 amide bonds. The number of fused-ring (bicyclic) bond motifs is 1. The molecule has 3 rings (SSSR count). The number of halogens is 1. The Balaban J connectivity index is 1.91. The molecule has 2 aromatic carbocycles. The van der Waals surface area contributed by atoms with Crippen molar-refractivity contribution in [3.8, 4) is 5.75 Å². The third-order valence-corrected chi connectivity index (χ3v) is 4.00. The molecule has 1 heterocycles. The first kappa shape index (κ1) is 18.7. The van der Waals surface area contributed by atoms with Crippen molar-refractivity contribution >= 4 is 35.0 Å². The van der Waals surface area contributed by atoms with Crippen LogP contribution >= 0.6 is 11.6 Å². The number of hydrogen-bond acceptors (Lipinski definition) is 5. The number of carbonyl (C=O) groups excluding carboxylic acids is 2. The number of anilines is 1. The maximum Gasteiger partial charge on any atom is 0.427 e. The van der Waals surface area contributed by atoms with Crippen LogP contribution in [0, 0.1) is 0 Å². The Kier molecular flexibility index (Phi) is 5.93. The third kappa shape index (κ3) is 4.98. The van der Waals surface area contributed by atoms with Gasteiger partial charge in [0.15, 0.2) is 6.61 Å². The Morgan fingerprint density at radius 2 is 2.19 bits per heavy atom. The maximum absolute atomic E-state index is 11.6. The summed E-state index contributed by atoms with van der Waals surface area (Å²) < 4.78 is 10.2. The molecular formula is C19H18ClN3O4. The van der Waals surface area contributed by atoms with Crippen LogP contribution in [0.3, 0.4) is 0 Å². The fourth-order valence-electron chi connectivity index (χ4n) is 2.59. The molecule has 0 fully saturated rings. The van der Waals surface area contributed by atoms with Gasteiger partial charge in [0.05, 0.1) is 18.0 Å². The number of ether oxygens (including phenoxy) is 2. The molecule has 2 N–H and O–H groups in total. The van der Waals surface area contributed by atoms with Crippen molar-refractivity contribution < 1.29 is 19.1 Å². The first-order chi connectivity index (χ1) is 13.0. The van der Waals surface area contributed by atoms with E-state index in [0.29, 0.717) is 28.6 Å². The van der Waals surface area contributed by atoms with Crippen molar-refractivity contribution in [2.24, 2.45) is 5.10 Å². The van der Waals surface area contributed by atoms with Crippen molar-refractivity contribution in [2.45, 2.75) is 13.3 Å². The van der Waals surface area contributed by atoms with Crippen LogP contribution in [0.5, 0.6) is 5.75 Å². The van der Waals surface area contributed by atoms with Crippen LogP contribution < -0.4 is 15.5 Å². The van der Waals surface area contributed by atoms with Gasteiger partial charge in [-0.05, 0) is 42.8 Å². The highest BCUT2D eigenvalue weighted by Gasteiger charge is 2.18. The zero-order valence-corrected chi connectivity index (χ0v) is 15.4. The molecule has 1 aliphatic heterocycles. The summed E-state index contributed by atoms with van der Waals surface area (Å²) in [5, 5.41) is 7.57. The summed E-state index contributed by atoms with van der Waals surface area (Å²) >= 11 is 6.06. The summed E-state index contributed by atoms with van der Waals surface area (Å²) in [4.78, 5) is 23.2. The normalized spacial score (nSPS) is 13.3. The molecule has 0 saturated heterocycles. The van der Waals surface area contributed by atoms with Gasteiger partial charge in [0, 0.05) is 17.0 Å². The first-order valence-electron chi connectivity index (χ1n) is 8.36. The van der Waals surface area contributed by atoms with E-state index in [2.05, 4.69) is 15.8 Å². The van der Waals surface area contributed by atoms with Crippen LogP contribution in [-0.4, -0.2) is 30.9 Å². The van der Waals surface area contributed by atoms with Crippen LogP contribution in [0.25, 0.3) is 0 Å². The largest absolute Gasteiger partial charge is 0.482 e. The lowest BCUT2D eigenvalue weighted by Gasteiger charge is -2.19. The second-order valence-corrected chi connectivity index (χ2v) is 6.18. The smallest absolute Gasteiger partial charge is 0.427 e. The summed E-state index contributed by atoms with van der Waals surface area (Å²) in [6, 6.07) is 12.7. The van der Waals surface area contributed by atoms with E-state index >= 15 is 0 Å². The number of nitrogens with one attached hydrogen (secondary N) is 2. The van der Waals surface area contributed by atoms with Gasteiger partial charge in [-0.1, -0.05) is 23.7 Å². The molecule has 0 atom stereocenters. The van der Waals surface area contributed by atoms with E-state index in [1.54, 1.807) is 25.1 Å². The SMILES string of the molecule is CCOC(=O)N/N=C(/Cc1cccc(Cl)c1)c1ccc2c(c1)NC(=O)CO2. The van der Waals surface area contributed by atoms with Crippen LogP contribution in [0.15, 0.2) is 47.6 Å². The van der Waals surface area contributed by atoms with Crippen LogP contribution in [-0.2, 0) is 16.0 Å². The van der Waals surface area contributed by atoms with Gasteiger partial charge in [-0.3, -0.25) is 4.79 Å². The molecule has 0 aromatic heterocycles. The lowest BCUT2D eigenvalue weighted by atomic mass is 10.0. The highest BCUT2D eigenvalue weighted by molar-refractivity contribution is 6.30. The number of hydrazone groups is 1.